The summed E-state index contributed by atoms with van der Waals surface area (Å²) in [7, 11) is 0. The third kappa shape index (κ3) is 5.20. The van der Waals surface area contributed by atoms with E-state index >= 15 is 0 Å². The van der Waals surface area contributed by atoms with E-state index in [0.717, 1.165) is 12.0 Å². The van der Waals surface area contributed by atoms with Crippen molar-refractivity contribution in [2.45, 2.75) is 66.4 Å². The van der Waals surface area contributed by atoms with Crippen molar-refractivity contribution in [1.29, 1.82) is 0 Å². The molecule has 5 nitrogen and oxygen atoms in total. The van der Waals surface area contributed by atoms with Gasteiger partial charge in [-0.3, -0.25) is 9.59 Å². The number of nitrogens with one attached hydrogen (secondary N) is 2. The maximum absolute atomic E-state index is 12.4. The third-order valence-electron chi connectivity index (χ3n) is 4.11. The van der Waals surface area contributed by atoms with Crippen LogP contribution in [0.2, 0.25) is 0 Å². The van der Waals surface area contributed by atoms with E-state index in [4.69, 9.17) is 0 Å². The molecular formula is C18H30N2O3. The Morgan fingerprint density at radius 3 is 2.43 bits per heavy atom. The number of amides is 1. The summed E-state index contributed by atoms with van der Waals surface area (Å²) in [4.78, 5) is 27.2. The molecule has 1 heterocycles. The van der Waals surface area contributed by atoms with Gasteiger partial charge in [0.15, 0.2) is 5.78 Å². The highest BCUT2D eigenvalue weighted by atomic mass is 16.3. The van der Waals surface area contributed by atoms with E-state index in [1.54, 1.807) is 13.8 Å². The van der Waals surface area contributed by atoms with Gasteiger partial charge in [-0.25, -0.2) is 0 Å². The van der Waals surface area contributed by atoms with E-state index < -0.39 is 5.60 Å². The van der Waals surface area contributed by atoms with Gasteiger partial charge in [-0.05, 0) is 51.5 Å². The molecule has 0 spiro atoms. The zero-order valence-corrected chi connectivity index (χ0v) is 15.2. The van der Waals surface area contributed by atoms with Crippen molar-refractivity contribution in [2.24, 2.45) is 5.92 Å². The van der Waals surface area contributed by atoms with Gasteiger partial charge in [0.2, 0.25) is 0 Å². The first-order chi connectivity index (χ1) is 10.6. The molecule has 0 aliphatic rings. The Morgan fingerprint density at radius 1 is 1.35 bits per heavy atom. The van der Waals surface area contributed by atoms with Crippen LogP contribution in [0.15, 0.2) is 0 Å². The summed E-state index contributed by atoms with van der Waals surface area (Å²) in [5, 5.41) is 13.1. The monoisotopic (exact) mass is 322 g/mol. The molecule has 1 amide bonds. The number of hydrogen-bond donors (Lipinski definition) is 3. The number of Topliss-reactive ketones (excluding diaryl/α,β-unsaturated/α-hetero) is 1. The predicted octanol–water partition coefficient (Wildman–Crippen LogP) is 3.01. The SMILES string of the molecule is CCc1c(C(=O)NCC(C)(O)CCC(C)C)[nH]c(C)c1C(C)=O. The van der Waals surface area contributed by atoms with Crippen LogP contribution in [0.4, 0.5) is 0 Å². The quantitative estimate of drug-likeness (QED) is 0.643. The minimum atomic E-state index is -0.933. The fourth-order valence-corrected chi connectivity index (χ4v) is 2.75. The lowest BCUT2D eigenvalue weighted by Gasteiger charge is -2.24. The molecule has 0 saturated heterocycles. The second-order valence-electron chi connectivity index (χ2n) is 7.00. The highest BCUT2D eigenvalue weighted by Crippen LogP contribution is 2.21. The Kier molecular flexibility index (Phi) is 6.57. The molecule has 1 aromatic rings. The van der Waals surface area contributed by atoms with Gasteiger partial charge in [0, 0.05) is 17.8 Å². The second kappa shape index (κ2) is 7.77. The van der Waals surface area contributed by atoms with Crippen molar-refractivity contribution in [1.82, 2.24) is 10.3 Å². The second-order valence-corrected chi connectivity index (χ2v) is 7.00. The van der Waals surface area contributed by atoms with E-state index in [1.165, 1.54) is 6.92 Å². The number of aliphatic hydroxyl groups is 1. The Labute approximate surface area is 138 Å². The largest absolute Gasteiger partial charge is 0.388 e. The number of rotatable bonds is 8. The van der Waals surface area contributed by atoms with Crippen LogP contribution in [0.3, 0.4) is 0 Å². The number of carbonyl (C=O) groups excluding carboxylic acids is 2. The lowest BCUT2D eigenvalue weighted by Crippen LogP contribution is -2.41. The molecule has 5 heteroatoms. The van der Waals surface area contributed by atoms with Crippen molar-refractivity contribution in [3.63, 3.8) is 0 Å². The summed E-state index contributed by atoms with van der Waals surface area (Å²) in [6, 6.07) is 0. The smallest absolute Gasteiger partial charge is 0.268 e. The first kappa shape index (κ1) is 19.4. The molecule has 0 aliphatic carbocycles. The number of aryl methyl sites for hydroxylation is 1. The third-order valence-corrected chi connectivity index (χ3v) is 4.11. The van der Waals surface area contributed by atoms with Gasteiger partial charge in [0.1, 0.15) is 5.69 Å². The number of H-pyrrole nitrogens is 1. The average Bonchev–Trinajstić information content (AvgIpc) is 2.79. The number of ketones is 1. The van der Waals surface area contributed by atoms with Crippen molar-refractivity contribution < 1.29 is 14.7 Å². The van der Waals surface area contributed by atoms with E-state index in [2.05, 4.69) is 24.1 Å². The topological polar surface area (TPSA) is 82.2 Å². The van der Waals surface area contributed by atoms with Crippen LogP contribution in [0.25, 0.3) is 0 Å². The average molecular weight is 322 g/mol. The van der Waals surface area contributed by atoms with Crippen LogP contribution in [0.1, 0.15) is 79.6 Å². The summed E-state index contributed by atoms with van der Waals surface area (Å²) in [5.74, 6) is 0.189. The van der Waals surface area contributed by atoms with Gasteiger partial charge in [-0.1, -0.05) is 20.8 Å². The highest BCUT2D eigenvalue weighted by molar-refractivity contribution is 6.02. The number of aromatic nitrogens is 1. The van der Waals surface area contributed by atoms with Gasteiger partial charge in [-0.2, -0.15) is 0 Å². The Balaban J connectivity index is 2.83. The van der Waals surface area contributed by atoms with Crippen LogP contribution in [0, 0.1) is 12.8 Å². The molecule has 1 atom stereocenters. The molecule has 130 valence electrons. The summed E-state index contributed by atoms with van der Waals surface area (Å²) >= 11 is 0. The fraction of sp³-hybridized carbons (Fsp3) is 0.667. The van der Waals surface area contributed by atoms with Crippen LogP contribution in [-0.4, -0.2) is 33.9 Å². The number of aromatic amines is 1. The van der Waals surface area contributed by atoms with E-state index in [0.29, 0.717) is 35.7 Å². The van der Waals surface area contributed by atoms with Crippen LogP contribution < -0.4 is 5.32 Å². The number of hydrogen-bond acceptors (Lipinski definition) is 3. The fourth-order valence-electron chi connectivity index (χ4n) is 2.75. The van der Waals surface area contributed by atoms with Crippen molar-refractivity contribution in [3.05, 3.63) is 22.5 Å². The summed E-state index contributed by atoms with van der Waals surface area (Å²) < 4.78 is 0. The van der Waals surface area contributed by atoms with Gasteiger partial charge < -0.3 is 15.4 Å². The lowest BCUT2D eigenvalue weighted by atomic mass is 9.95. The summed E-state index contributed by atoms with van der Waals surface area (Å²) in [5.41, 5.74) is 1.55. The van der Waals surface area contributed by atoms with Crippen molar-refractivity contribution >= 4 is 11.7 Å². The first-order valence-electron chi connectivity index (χ1n) is 8.32. The van der Waals surface area contributed by atoms with Crippen LogP contribution in [-0.2, 0) is 6.42 Å². The highest BCUT2D eigenvalue weighted by Gasteiger charge is 2.25. The molecule has 1 rings (SSSR count). The van der Waals surface area contributed by atoms with Crippen molar-refractivity contribution in [2.75, 3.05) is 6.54 Å². The van der Waals surface area contributed by atoms with Gasteiger partial charge >= 0.3 is 0 Å². The minimum absolute atomic E-state index is 0.0430. The van der Waals surface area contributed by atoms with Crippen LogP contribution >= 0.6 is 0 Å². The zero-order chi connectivity index (χ0) is 17.8. The van der Waals surface area contributed by atoms with E-state index in [1.807, 2.05) is 6.92 Å². The van der Waals surface area contributed by atoms with Crippen molar-refractivity contribution in [3.8, 4) is 0 Å². The summed E-state index contributed by atoms with van der Waals surface area (Å²) in [6.07, 6.45) is 2.14. The Hall–Kier alpha value is -1.62. The molecule has 1 aromatic heterocycles. The standard InChI is InChI=1S/C18H30N2O3/c1-7-14-15(13(5)21)12(4)20-16(14)17(22)19-10-18(6,23)9-8-11(2)3/h11,20,23H,7-10H2,1-6H3,(H,19,22). The van der Waals surface area contributed by atoms with Gasteiger partial charge in [0.25, 0.3) is 5.91 Å². The maximum atomic E-state index is 12.4. The molecule has 0 aliphatic heterocycles. The lowest BCUT2D eigenvalue weighted by molar-refractivity contribution is 0.0428. The molecule has 0 aromatic carbocycles. The van der Waals surface area contributed by atoms with E-state index in [9.17, 15) is 14.7 Å². The number of carbonyl (C=O) groups is 2. The van der Waals surface area contributed by atoms with Gasteiger partial charge in [0.05, 0.1) is 5.60 Å². The Morgan fingerprint density at radius 2 is 1.96 bits per heavy atom. The molecule has 23 heavy (non-hydrogen) atoms. The zero-order valence-electron chi connectivity index (χ0n) is 15.2. The first-order valence-corrected chi connectivity index (χ1v) is 8.32. The minimum Gasteiger partial charge on any atom is -0.388 e. The molecule has 1 unspecified atom stereocenters. The van der Waals surface area contributed by atoms with E-state index in [-0.39, 0.29) is 18.2 Å². The predicted molar refractivity (Wildman–Crippen MR) is 91.9 cm³/mol. The normalized spacial score (nSPS) is 13.9. The molecule has 3 N–H and O–H groups in total. The van der Waals surface area contributed by atoms with Crippen LogP contribution in [0.5, 0.6) is 0 Å². The molecular weight excluding hydrogens is 292 g/mol. The molecule has 0 radical (unpaired) electrons. The maximum Gasteiger partial charge on any atom is 0.268 e. The summed E-state index contributed by atoms with van der Waals surface area (Å²) in [6.45, 7) is 11.4. The van der Waals surface area contributed by atoms with Gasteiger partial charge in [-0.15, -0.1) is 0 Å². The molecule has 0 fully saturated rings. The molecule has 0 bridgehead atoms. The molecule has 0 saturated carbocycles. The Bertz CT molecular complexity index is 571.